The van der Waals surface area contributed by atoms with Crippen LogP contribution in [0.1, 0.15) is 69.9 Å². The first kappa shape index (κ1) is 18.8. The van der Waals surface area contributed by atoms with Crippen molar-refractivity contribution in [3.05, 3.63) is 71.9 Å². The van der Waals surface area contributed by atoms with E-state index in [1.807, 2.05) is 0 Å². The van der Waals surface area contributed by atoms with Crippen molar-refractivity contribution in [3.63, 3.8) is 0 Å². The summed E-state index contributed by atoms with van der Waals surface area (Å²) < 4.78 is 0. The highest BCUT2D eigenvalue weighted by Gasteiger charge is 2.27. The second-order valence-electron chi connectivity index (χ2n) is 8.84. The van der Waals surface area contributed by atoms with E-state index in [-0.39, 0.29) is 0 Å². The van der Waals surface area contributed by atoms with E-state index in [2.05, 4.69) is 81.2 Å². The van der Waals surface area contributed by atoms with Crippen molar-refractivity contribution in [2.24, 2.45) is 5.41 Å². The summed E-state index contributed by atoms with van der Waals surface area (Å²) in [4.78, 5) is 0. The lowest BCUT2D eigenvalue weighted by Gasteiger charge is -2.20. The van der Waals surface area contributed by atoms with Gasteiger partial charge >= 0.3 is 0 Å². The van der Waals surface area contributed by atoms with Gasteiger partial charge in [0.1, 0.15) is 0 Å². The van der Waals surface area contributed by atoms with Crippen molar-refractivity contribution in [2.75, 3.05) is 6.54 Å². The minimum Gasteiger partial charge on any atom is -0.389 e. The van der Waals surface area contributed by atoms with Gasteiger partial charge in [-0.1, -0.05) is 88.7 Å². The molecule has 0 bridgehead atoms. The lowest BCUT2D eigenvalue weighted by molar-refractivity contribution is 0.397. The average Bonchev–Trinajstić information content (AvgIpc) is 2.91. The molecule has 0 saturated heterocycles. The van der Waals surface area contributed by atoms with Crippen LogP contribution in [0.2, 0.25) is 0 Å². The molecule has 0 aromatic heterocycles. The minimum atomic E-state index is 0.313. The second kappa shape index (κ2) is 8.12. The number of benzene rings is 2. The highest BCUT2D eigenvalue weighted by atomic mass is 14.9. The molecule has 1 heteroatoms. The van der Waals surface area contributed by atoms with E-state index in [1.54, 1.807) is 0 Å². The normalized spacial score (nSPS) is 13.3. The molecule has 1 aliphatic rings. The van der Waals surface area contributed by atoms with Gasteiger partial charge in [0.25, 0.3) is 0 Å². The molecule has 0 saturated carbocycles. The van der Waals surface area contributed by atoms with Crippen molar-refractivity contribution < 1.29 is 0 Å². The van der Waals surface area contributed by atoms with Crippen LogP contribution in [0.5, 0.6) is 0 Å². The Labute approximate surface area is 159 Å². The monoisotopic (exact) mass is 347 g/mol. The van der Waals surface area contributed by atoms with E-state index in [0.29, 0.717) is 11.3 Å². The van der Waals surface area contributed by atoms with E-state index < -0.39 is 0 Å². The number of nitrogens with one attached hydrogen (secondary N) is 1. The molecule has 0 atom stereocenters. The Hall–Kier alpha value is -2.02. The Morgan fingerprint density at radius 1 is 0.885 bits per heavy atom. The van der Waals surface area contributed by atoms with Crippen molar-refractivity contribution in [1.82, 2.24) is 5.32 Å². The van der Waals surface area contributed by atoms with Gasteiger partial charge in [-0.05, 0) is 46.9 Å². The molecule has 1 N–H and O–H groups in total. The Balaban J connectivity index is 1.47. The van der Waals surface area contributed by atoms with Crippen LogP contribution in [0.25, 0.3) is 11.1 Å². The van der Waals surface area contributed by atoms with Crippen LogP contribution < -0.4 is 5.32 Å². The van der Waals surface area contributed by atoms with Gasteiger partial charge in [-0.3, -0.25) is 0 Å². The average molecular weight is 348 g/mol. The predicted molar refractivity (Wildman–Crippen MR) is 113 cm³/mol. The SMILES string of the molecule is C=C(CC(C)(C)C)NCCCCCC1c2ccccc2-c2ccccc21. The van der Waals surface area contributed by atoms with Crippen molar-refractivity contribution in [3.8, 4) is 11.1 Å². The number of unbranched alkanes of at least 4 members (excludes halogenated alkanes) is 2. The maximum atomic E-state index is 4.16. The Morgan fingerprint density at radius 2 is 1.46 bits per heavy atom. The molecule has 2 aromatic rings. The largest absolute Gasteiger partial charge is 0.389 e. The van der Waals surface area contributed by atoms with Crippen LogP contribution in [0.4, 0.5) is 0 Å². The quantitative estimate of drug-likeness (QED) is 0.512. The number of hydrogen-bond donors (Lipinski definition) is 1. The first-order valence-corrected chi connectivity index (χ1v) is 10.1. The fourth-order valence-electron chi connectivity index (χ4n) is 4.19. The zero-order chi connectivity index (χ0) is 18.6. The van der Waals surface area contributed by atoms with Crippen LogP contribution in [0.15, 0.2) is 60.8 Å². The molecule has 0 radical (unpaired) electrons. The summed E-state index contributed by atoms with van der Waals surface area (Å²) in [5.74, 6) is 0.575. The van der Waals surface area contributed by atoms with Gasteiger partial charge in [-0.15, -0.1) is 0 Å². The molecule has 0 unspecified atom stereocenters. The fourth-order valence-corrected chi connectivity index (χ4v) is 4.19. The van der Waals surface area contributed by atoms with E-state index in [9.17, 15) is 0 Å². The highest BCUT2D eigenvalue weighted by Crippen LogP contribution is 2.46. The van der Waals surface area contributed by atoms with Gasteiger partial charge in [-0.2, -0.15) is 0 Å². The van der Waals surface area contributed by atoms with E-state index in [1.165, 1.54) is 53.6 Å². The van der Waals surface area contributed by atoms with E-state index >= 15 is 0 Å². The first-order chi connectivity index (χ1) is 12.5. The third-order valence-electron chi connectivity index (χ3n) is 5.25. The summed E-state index contributed by atoms with van der Waals surface area (Å²) >= 11 is 0. The number of rotatable bonds is 8. The smallest absolute Gasteiger partial charge is 0.0143 e. The van der Waals surface area contributed by atoms with Crippen LogP contribution in [0, 0.1) is 5.41 Å². The van der Waals surface area contributed by atoms with Gasteiger partial charge in [0.2, 0.25) is 0 Å². The number of hydrogen-bond acceptors (Lipinski definition) is 1. The van der Waals surface area contributed by atoms with Gasteiger partial charge < -0.3 is 5.32 Å². The highest BCUT2D eigenvalue weighted by molar-refractivity contribution is 5.78. The summed E-state index contributed by atoms with van der Waals surface area (Å²) in [5, 5.41) is 3.50. The van der Waals surface area contributed by atoms with Gasteiger partial charge in [0.15, 0.2) is 0 Å². The lowest BCUT2D eigenvalue weighted by Crippen LogP contribution is -2.18. The molecular weight excluding hydrogens is 314 g/mol. The summed E-state index contributed by atoms with van der Waals surface area (Å²) in [6, 6.07) is 17.9. The molecule has 0 spiro atoms. The number of allylic oxidation sites excluding steroid dienone is 1. The molecule has 0 amide bonds. The molecule has 0 fully saturated rings. The molecule has 138 valence electrons. The van der Waals surface area contributed by atoms with Gasteiger partial charge in [0.05, 0.1) is 0 Å². The minimum absolute atomic E-state index is 0.313. The molecule has 1 aliphatic carbocycles. The third-order valence-corrected chi connectivity index (χ3v) is 5.25. The Morgan fingerprint density at radius 3 is 2.04 bits per heavy atom. The fraction of sp³-hybridized carbons (Fsp3) is 0.440. The zero-order valence-corrected chi connectivity index (χ0v) is 16.6. The summed E-state index contributed by atoms with van der Waals surface area (Å²) in [6.45, 7) is 12.0. The molecule has 2 aromatic carbocycles. The maximum absolute atomic E-state index is 4.16. The Kier molecular flexibility index (Phi) is 5.86. The summed E-state index contributed by atoms with van der Waals surface area (Å²) in [6.07, 6.45) is 6.07. The molecule has 0 aliphatic heterocycles. The second-order valence-corrected chi connectivity index (χ2v) is 8.84. The van der Waals surface area contributed by atoms with Crippen molar-refractivity contribution in [2.45, 2.75) is 58.8 Å². The van der Waals surface area contributed by atoms with E-state index in [4.69, 9.17) is 0 Å². The van der Waals surface area contributed by atoms with Gasteiger partial charge in [0, 0.05) is 18.2 Å². The predicted octanol–water partition coefficient (Wildman–Crippen LogP) is 6.90. The maximum Gasteiger partial charge on any atom is 0.0143 e. The lowest BCUT2D eigenvalue weighted by atomic mass is 9.90. The standard InChI is InChI=1S/C25H33N/c1-19(18-25(2,3)4)26-17-11-5-6-12-20-21-13-7-9-15-23(21)24-16-10-8-14-22(20)24/h7-10,13-16,20,26H,1,5-6,11-12,17-18H2,2-4H3. The van der Waals surface area contributed by atoms with Crippen LogP contribution >= 0.6 is 0 Å². The molecule has 26 heavy (non-hydrogen) atoms. The van der Waals surface area contributed by atoms with Crippen molar-refractivity contribution >= 4 is 0 Å². The summed E-state index contributed by atoms with van der Waals surface area (Å²) in [7, 11) is 0. The molecular formula is C25H33N. The molecule has 3 rings (SSSR count). The van der Waals surface area contributed by atoms with E-state index in [0.717, 1.165) is 13.0 Å². The Bertz CT molecular complexity index is 705. The number of fused-ring (bicyclic) bond motifs is 3. The van der Waals surface area contributed by atoms with Crippen LogP contribution in [-0.2, 0) is 0 Å². The topological polar surface area (TPSA) is 12.0 Å². The van der Waals surface area contributed by atoms with Gasteiger partial charge in [-0.25, -0.2) is 0 Å². The van der Waals surface area contributed by atoms with Crippen LogP contribution in [-0.4, -0.2) is 6.54 Å². The molecule has 1 nitrogen and oxygen atoms in total. The van der Waals surface area contributed by atoms with Crippen LogP contribution in [0.3, 0.4) is 0 Å². The first-order valence-electron chi connectivity index (χ1n) is 10.1. The summed E-state index contributed by atoms with van der Waals surface area (Å²) in [5.41, 5.74) is 7.40. The third kappa shape index (κ3) is 4.58. The van der Waals surface area contributed by atoms with Crippen molar-refractivity contribution in [1.29, 1.82) is 0 Å². The zero-order valence-electron chi connectivity index (χ0n) is 16.6. The molecule has 0 heterocycles.